The summed E-state index contributed by atoms with van der Waals surface area (Å²) < 4.78 is 17.4. The fourth-order valence-corrected chi connectivity index (χ4v) is 4.87. The van der Waals surface area contributed by atoms with Gasteiger partial charge in [0.25, 0.3) is 0 Å². The molecule has 1 heterocycles. The van der Waals surface area contributed by atoms with E-state index in [0.717, 1.165) is 23.8 Å². The van der Waals surface area contributed by atoms with Gasteiger partial charge < -0.3 is 14.2 Å². The number of carbonyl (C=O) groups excluding carboxylic acids is 4. The second-order valence-electron chi connectivity index (χ2n) is 10.9. The normalized spacial score (nSPS) is 12.0. The Bertz CT molecular complexity index is 1200. The van der Waals surface area contributed by atoms with E-state index in [4.69, 9.17) is 9.47 Å². The molecule has 2 rings (SSSR count). The van der Waals surface area contributed by atoms with E-state index in [0.29, 0.717) is 34.0 Å². The van der Waals surface area contributed by atoms with Crippen molar-refractivity contribution in [2.24, 2.45) is 0 Å². The number of hydrogen-bond acceptors (Lipinski definition) is 7. The highest BCUT2D eigenvalue weighted by Gasteiger charge is 2.28. The summed E-state index contributed by atoms with van der Waals surface area (Å²) in [4.78, 5) is 50.6. The van der Waals surface area contributed by atoms with E-state index < -0.39 is 40.2 Å². The lowest BCUT2D eigenvalue weighted by Gasteiger charge is -2.18. The fourth-order valence-electron chi connectivity index (χ4n) is 3.09. The van der Waals surface area contributed by atoms with Crippen molar-refractivity contribution in [1.82, 2.24) is 9.47 Å². The average Bonchev–Trinajstić information content (AvgIpc) is 3.14. The molecule has 0 fully saturated rings. The molecule has 2 aromatic rings. The van der Waals surface area contributed by atoms with Gasteiger partial charge in [-0.1, -0.05) is 61.3 Å². The molecule has 1 aromatic carbocycles. The van der Waals surface area contributed by atoms with Crippen LogP contribution in [0, 0.1) is 0 Å². The van der Waals surface area contributed by atoms with Crippen LogP contribution in [0.1, 0.15) is 5.56 Å². The number of carbonyl (C=O) groups is 4. The van der Waals surface area contributed by atoms with Crippen LogP contribution in [0.4, 0.5) is 9.59 Å². The quantitative estimate of drug-likeness (QED) is 0.152. The summed E-state index contributed by atoms with van der Waals surface area (Å²) >= 11 is 3.43. The number of fused-ring (bicyclic) bond motifs is 1. The molecule has 0 saturated carbocycles. The average molecular weight is 612 g/mol. The standard InChI is InChI=1S/C25H35BrN2O7Si2/c1-33-23(30)22(29)27(24(31)34-12-14-36(2,3)4)11-10-18-17-28(21-16-19(26)8-9-20(18)21)25(32)35-13-15-37(5,6)7/h8-11,16-17H,12-15H2,1-7H3/b11-10-. The highest BCUT2D eigenvalue weighted by molar-refractivity contribution is 9.10. The number of rotatable bonds is 8. The molecule has 9 nitrogen and oxygen atoms in total. The molecule has 0 spiro atoms. The van der Waals surface area contributed by atoms with Gasteiger partial charge in [0, 0.05) is 44.0 Å². The van der Waals surface area contributed by atoms with Crippen molar-refractivity contribution < 1.29 is 33.4 Å². The SMILES string of the molecule is COC(=O)C(=O)N(/C=C\c1cn(C(=O)OCC[Si](C)(C)C)c2cc(Br)ccc12)C(=O)OCC[Si](C)(C)C. The molecule has 1 aromatic heterocycles. The monoisotopic (exact) mass is 610 g/mol. The van der Waals surface area contributed by atoms with Gasteiger partial charge in [-0.05, 0) is 30.3 Å². The van der Waals surface area contributed by atoms with Gasteiger partial charge in [0.1, 0.15) is 0 Å². The van der Waals surface area contributed by atoms with Crippen molar-refractivity contribution in [1.29, 1.82) is 0 Å². The van der Waals surface area contributed by atoms with Crippen LogP contribution >= 0.6 is 15.9 Å². The van der Waals surface area contributed by atoms with E-state index in [9.17, 15) is 19.2 Å². The van der Waals surface area contributed by atoms with Gasteiger partial charge in [0.05, 0.1) is 25.8 Å². The third-order valence-corrected chi connectivity index (χ3v) is 9.23. The zero-order valence-electron chi connectivity index (χ0n) is 22.4. The molecule has 0 atom stereocenters. The number of nitrogens with zero attached hydrogens (tertiary/aromatic N) is 2. The van der Waals surface area contributed by atoms with Gasteiger partial charge in [0.2, 0.25) is 0 Å². The van der Waals surface area contributed by atoms with Gasteiger partial charge in [-0.15, -0.1) is 0 Å². The van der Waals surface area contributed by atoms with Crippen LogP contribution in [0.3, 0.4) is 0 Å². The van der Waals surface area contributed by atoms with E-state index in [2.05, 4.69) is 59.9 Å². The number of aromatic nitrogens is 1. The van der Waals surface area contributed by atoms with E-state index in [1.165, 1.54) is 10.6 Å². The first kappa shape index (κ1) is 30.5. The van der Waals surface area contributed by atoms with Crippen molar-refractivity contribution in [3.8, 4) is 0 Å². The van der Waals surface area contributed by atoms with E-state index >= 15 is 0 Å². The van der Waals surface area contributed by atoms with Crippen LogP contribution in [-0.4, -0.2) is 70.0 Å². The zero-order chi connectivity index (χ0) is 28.0. The van der Waals surface area contributed by atoms with Gasteiger partial charge in [-0.2, -0.15) is 0 Å². The third-order valence-electron chi connectivity index (χ3n) is 5.33. The highest BCUT2D eigenvalue weighted by atomic mass is 79.9. The molecular formula is C25H35BrN2O7Si2. The molecule has 2 amide bonds. The highest BCUT2D eigenvalue weighted by Crippen LogP contribution is 2.27. The van der Waals surface area contributed by atoms with Crippen LogP contribution in [0.25, 0.3) is 17.0 Å². The van der Waals surface area contributed by atoms with Gasteiger partial charge in [-0.3, -0.25) is 9.36 Å². The van der Waals surface area contributed by atoms with Crippen LogP contribution in [0.15, 0.2) is 35.1 Å². The number of halogens is 1. The predicted octanol–water partition coefficient (Wildman–Crippen LogP) is 6.17. The Kier molecular flexibility index (Phi) is 10.5. The lowest BCUT2D eigenvalue weighted by molar-refractivity contribution is -0.156. The number of amides is 2. The molecule has 37 heavy (non-hydrogen) atoms. The topological polar surface area (TPSA) is 104 Å². The molecule has 12 heteroatoms. The first-order valence-corrected chi connectivity index (χ1v) is 20.1. The molecule has 202 valence electrons. The molecule has 0 radical (unpaired) electrons. The number of imide groups is 1. The maximum Gasteiger partial charge on any atom is 0.421 e. The first-order chi connectivity index (χ1) is 17.1. The number of hydrogen-bond donors (Lipinski definition) is 0. The predicted molar refractivity (Wildman–Crippen MR) is 152 cm³/mol. The van der Waals surface area contributed by atoms with Crippen molar-refractivity contribution in [2.45, 2.75) is 51.4 Å². The number of benzene rings is 1. The lowest BCUT2D eigenvalue weighted by Crippen LogP contribution is -2.38. The van der Waals surface area contributed by atoms with Crippen molar-refractivity contribution in [3.63, 3.8) is 0 Å². The molecule has 0 aliphatic heterocycles. The van der Waals surface area contributed by atoms with E-state index in [1.54, 1.807) is 18.3 Å². The van der Waals surface area contributed by atoms with E-state index in [1.807, 2.05) is 6.07 Å². The molecule has 0 saturated heterocycles. The van der Waals surface area contributed by atoms with Gasteiger partial charge in [-0.25, -0.2) is 19.3 Å². The Balaban J connectivity index is 2.37. The smallest absolute Gasteiger partial charge is 0.421 e. The summed E-state index contributed by atoms with van der Waals surface area (Å²) in [5.74, 6) is -2.39. The minimum atomic E-state index is -1.49. The maximum absolute atomic E-state index is 12.9. The van der Waals surface area contributed by atoms with Crippen molar-refractivity contribution >= 4 is 73.1 Å². The first-order valence-electron chi connectivity index (χ1n) is 11.9. The molecule has 0 unspecified atom stereocenters. The van der Waals surface area contributed by atoms with Crippen molar-refractivity contribution in [3.05, 3.63) is 40.6 Å². The van der Waals surface area contributed by atoms with Crippen LogP contribution in [0.2, 0.25) is 51.4 Å². The minimum absolute atomic E-state index is 0.129. The largest absolute Gasteiger partial charge is 0.462 e. The third kappa shape index (κ3) is 9.27. The Morgan fingerprint density at radius 2 is 1.57 bits per heavy atom. The summed E-state index contributed by atoms with van der Waals surface area (Å²) in [5.41, 5.74) is 1.11. The summed E-state index contributed by atoms with van der Waals surface area (Å²) in [7, 11) is -1.82. The molecule has 0 bridgehead atoms. The Labute approximate surface area is 227 Å². The van der Waals surface area contributed by atoms with E-state index in [-0.39, 0.29) is 6.61 Å². The molecule has 0 aliphatic carbocycles. The fraction of sp³-hybridized carbons (Fsp3) is 0.440. The molecular weight excluding hydrogens is 576 g/mol. The Hall–Kier alpha value is -2.71. The van der Waals surface area contributed by atoms with Crippen LogP contribution in [0.5, 0.6) is 0 Å². The summed E-state index contributed by atoms with van der Waals surface area (Å²) in [6.45, 7) is 13.4. The summed E-state index contributed by atoms with van der Waals surface area (Å²) in [6, 6.07) is 6.91. The molecule has 0 aliphatic rings. The van der Waals surface area contributed by atoms with Gasteiger partial charge in [0.15, 0.2) is 0 Å². The summed E-state index contributed by atoms with van der Waals surface area (Å²) in [6.07, 6.45) is 2.65. The second kappa shape index (κ2) is 12.7. The zero-order valence-corrected chi connectivity index (χ0v) is 26.0. The number of esters is 1. The Morgan fingerprint density at radius 3 is 2.14 bits per heavy atom. The maximum atomic E-state index is 12.9. The summed E-state index contributed by atoms with van der Waals surface area (Å²) in [5, 5.41) is 0.680. The minimum Gasteiger partial charge on any atom is -0.462 e. The van der Waals surface area contributed by atoms with Crippen LogP contribution < -0.4 is 0 Å². The lowest BCUT2D eigenvalue weighted by atomic mass is 10.2. The van der Waals surface area contributed by atoms with Gasteiger partial charge >= 0.3 is 24.1 Å². The number of ether oxygens (including phenoxy) is 3. The second-order valence-corrected chi connectivity index (χ2v) is 23.1. The molecule has 0 N–H and O–H groups in total. The van der Waals surface area contributed by atoms with Crippen molar-refractivity contribution in [2.75, 3.05) is 20.3 Å². The van der Waals surface area contributed by atoms with Crippen LogP contribution in [-0.2, 0) is 23.8 Å². The Morgan fingerprint density at radius 1 is 0.973 bits per heavy atom. The number of methoxy groups -OCH3 is 1.